The maximum Gasteiger partial charge on any atom is 0.152 e. The standard InChI is InChI=1S/C6H8N4/c1-10-3-2-9-6(10)5(8)4-7/h2-3,5H,8H2,1H3. The van der Waals surface area contributed by atoms with Gasteiger partial charge in [0.25, 0.3) is 0 Å². The van der Waals surface area contributed by atoms with Crippen LogP contribution in [-0.4, -0.2) is 9.55 Å². The Morgan fingerprint density at radius 2 is 2.60 bits per heavy atom. The molecule has 0 aliphatic carbocycles. The average molecular weight is 136 g/mol. The third-order valence-electron chi connectivity index (χ3n) is 1.28. The topological polar surface area (TPSA) is 67.6 Å². The van der Waals surface area contributed by atoms with E-state index in [1.807, 2.05) is 6.07 Å². The summed E-state index contributed by atoms with van der Waals surface area (Å²) in [5.74, 6) is 0.600. The van der Waals surface area contributed by atoms with Gasteiger partial charge in [0.2, 0.25) is 0 Å². The largest absolute Gasteiger partial charge is 0.336 e. The molecule has 0 aliphatic heterocycles. The Labute approximate surface area is 58.9 Å². The van der Waals surface area contributed by atoms with E-state index in [4.69, 9.17) is 11.0 Å². The minimum Gasteiger partial charge on any atom is -0.336 e. The quantitative estimate of drug-likeness (QED) is 0.588. The normalized spacial score (nSPS) is 12.5. The van der Waals surface area contributed by atoms with Crippen molar-refractivity contribution in [3.05, 3.63) is 18.2 Å². The second-order valence-electron chi connectivity index (χ2n) is 2.00. The summed E-state index contributed by atoms with van der Waals surface area (Å²) in [5, 5.41) is 8.40. The molecule has 10 heavy (non-hydrogen) atoms. The van der Waals surface area contributed by atoms with Gasteiger partial charge >= 0.3 is 0 Å². The van der Waals surface area contributed by atoms with E-state index < -0.39 is 6.04 Å². The predicted molar refractivity (Wildman–Crippen MR) is 35.7 cm³/mol. The molecule has 4 nitrogen and oxygen atoms in total. The molecule has 0 radical (unpaired) electrons. The zero-order chi connectivity index (χ0) is 7.56. The molecule has 0 saturated heterocycles. The lowest BCUT2D eigenvalue weighted by molar-refractivity contribution is 0.742. The molecule has 4 heteroatoms. The molecular formula is C6H8N4. The number of aryl methyl sites for hydroxylation is 1. The van der Waals surface area contributed by atoms with Gasteiger partial charge < -0.3 is 10.3 Å². The van der Waals surface area contributed by atoms with Gasteiger partial charge in [0.05, 0.1) is 6.07 Å². The molecule has 0 bridgehead atoms. The van der Waals surface area contributed by atoms with Crippen molar-refractivity contribution >= 4 is 0 Å². The Kier molecular flexibility index (Phi) is 1.69. The molecule has 0 saturated carbocycles. The predicted octanol–water partition coefficient (Wildman–Crippen LogP) is -0.0565. The number of aromatic nitrogens is 2. The summed E-state index contributed by atoms with van der Waals surface area (Å²) < 4.78 is 1.73. The minimum atomic E-state index is -0.611. The summed E-state index contributed by atoms with van der Waals surface area (Å²) in [4.78, 5) is 3.90. The number of hydrogen-bond acceptors (Lipinski definition) is 3. The fraction of sp³-hybridized carbons (Fsp3) is 0.333. The molecule has 1 aromatic heterocycles. The van der Waals surface area contributed by atoms with Gasteiger partial charge in [0.15, 0.2) is 6.04 Å². The van der Waals surface area contributed by atoms with E-state index in [0.717, 1.165) is 0 Å². The molecule has 0 aromatic carbocycles. The van der Waals surface area contributed by atoms with Crippen molar-refractivity contribution in [1.29, 1.82) is 5.26 Å². The van der Waals surface area contributed by atoms with Crippen LogP contribution in [0.2, 0.25) is 0 Å². The van der Waals surface area contributed by atoms with Crippen LogP contribution < -0.4 is 5.73 Å². The van der Waals surface area contributed by atoms with Gasteiger partial charge in [0.1, 0.15) is 5.82 Å². The third kappa shape index (κ3) is 0.993. The number of imidazole rings is 1. The first-order chi connectivity index (χ1) is 4.75. The number of nitriles is 1. The minimum absolute atomic E-state index is 0.600. The van der Waals surface area contributed by atoms with Crippen LogP contribution in [0.5, 0.6) is 0 Å². The lowest BCUT2D eigenvalue weighted by Gasteiger charge is -2.00. The highest BCUT2D eigenvalue weighted by molar-refractivity contribution is 5.06. The SMILES string of the molecule is Cn1ccnc1C(N)C#N. The molecule has 1 atom stereocenters. The Morgan fingerprint density at radius 3 is 3.00 bits per heavy atom. The van der Waals surface area contributed by atoms with Crippen LogP contribution in [0.4, 0.5) is 0 Å². The van der Waals surface area contributed by atoms with Gasteiger partial charge in [-0.05, 0) is 0 Å². The van der Waals surface area contributed by atoms with Gasteiger partial charge in [-0.1, -0.05) is 0 Å². The molecule has 1 unspecified atom stereocenters. The van der Waals surface area contributed by atoms with E-state index in [9.17, 15) is 0 Å². The summed E-state index contributed by atoms with van der Waals surface area (Å²) in [5.41, 5.74) is 5.40. The molecule has 2 N–H and O–H groups in total. The van der Waals surface area contributed by atoms with Crippen molar-refractivity contribution in [2.45, 2.75) is 6.04 Å². The first-order valence-corrected chi connectivity index (χ1v) is 2.88. The number of nitrogens with zero attached hydrogens (tertiary/aromatic N) is 3. The average Bonchev–Trinajstić information content (AvgIpc) is 2.34. The molecular weight excluding hydrogens is 128 g/mol. The highest BCUT2D eigenvalue weighted by Gasteiger charge is 2.07. The van der Waals surface area contributed by atoms with E-state index >= 15 is 0 Å². The Hall–Kier alpha value is -1.34. The van der Waals surface area contributed by atoms with Crippen molar-refractivity contribution in [3.63, 3.8) is 0 Å². The van der Waals surface area contributed by atoms with Gasteiger partial charge in [-0.3, -0.25) is 0 Å². The molecule has 1 rings (SSSR count). The molecule has 1 aromatic rings. The van der Waals surface area contributed by atoms with E-state index in [-0.39, 0.29) is 0 Å². The second-order valence-corrected chi connectivity index (χ2v) is 2.00. The maximum atomic E-state index is 8.40. The van der Waals surface area contributed by atoms with Crippen LogP contribution in [0.1, 0.15) is 11.9 Å². The fourth-order valence-electron chi connectivity index (χ4n) is 0.735. The number of nitrogens with two attached hydrogens (primary N) is 1. The van der Waals surface area contributed by atoms with Crippen LogP contribution in [0.25, 0.3) is 0 Å². The lowest BCUT2D eigenvalue weighted by Crippen LogP contribution is -2.12. The maximum absolute atomic E-state index is 8.40. The molecule has 52 valence electrons. The molecule has 1 heterocycles. The summed E-state index contributed by atoms with van der Waals surface area (Å²) in [7, 11) is 1.81. The van der Waals surface area contributed by atoms with Crippen LogP contribution in [0.15, 0.2) is 12.4 Å². The third-order valence-corrected chi connectivity index (χ3v) is 1.28. The van der Waals surface area contributed by atoms with Gasteiger partial charge in [0, 0.05) is 19.4 Å². The zero-order valence-electron chi connectivity index (χ0n) is 5.65. The van der Waals surface area contributed by atoms with Gasteiger partial charge in [-0.15, -0.1) is 0 Å². The number of rotatable bonds is 1. The van der Waals surface area contributed by atoms with Crippen molar-refractivity contribution in [3.8, 4) is 6.07 Å². The first kappa shape index (κ1) is 6.78. The van der Waals surface area contributed by atoms with E-state index in [1.165, 1.54) is 0 Å². The summed E-state index contributed by atoms with van der Waals surface area (Å²) in [6, 6.07) is 1.29. The van der Waals surface area contributed by atoms with Crippen LogP contribution >= 0.6 is 0 Å². The van der Waals surface area contributed by atoms with Crippen LogP contribution in [0.3, 0.4) is 0 Å². The summed E-state index contributed by atoms with van der Waals surface area (Å²) in [6.07, 6.45) is 3.37. The van der Waals surface area contributed by atoms with Gasteiger partial charge in [-0.25, -0.2) is 4.98 Å². The fourth-order valence-corrected chi connectivity index (χ4v) is 0.735. The highest BCUT2D eigenvalue weighted by Crippen LogP contribution is 2.03. The molecule has 0 aliphatic rings. The molecule has 0 amide bonds. The van der Waals surface area contributed by atoms with Gasteiger partial charge in [-0.2, -0.15) is 5.26 Å². The Morgan fingerprint density at radius 1 is 1.90 bits per heavy atom. The smallest absolute Gasteiger partial charge is 0.152 e. The van der Waals surface area contributed by atoms with E-state index in [2.05, 4.69) is 4.98 Å². The Balaban J connectivity index is 2.96. The van der Waals surface area contributed by atoms with E-state index in [0.29, 0.717) is 5.82 Å². The monoisotopic (exact) mass is 136 g/mol. The van der Waals surface area contributed by atoms with Crippen molar-refractivity contribution < 1.29 is 0 Å². The Bertz CT molecular complexity index is 257. The molecule has 0 fully saturated rings. The number of hydrogen-bond donors (Lipinski definition) is 1. The van der Waals surface area contributed by atoms with E-state index in [1.54, 1.807) is 24.0 Å². The highest BCUT2D eigenvalue weighted by atomic mass is 15.1. The van der Waals surface area contributed by atoms with Crippen molar-refractivity contribution in [1.82, 2.24) is 9.55 Å². The summed E-state index contributed by atoms with van der Waals surface area (Å²) in [6.45, 7) is 0. The second kappa shape index (κ2) is 2.50. The molecule has 0 spiro atoms. The zero-order valence-corrected chi connectivity index (χ0v) is 5.65. The van der Waals surface area contributed by atoms with Crippen LogP contribution in [0, 0.1) is 11.3 Å². The summed E-state index contributed by atoms with van der Waals surface area (Å²) >= 11 is 0. The first-order valence-electron chi connectivity index (χ1n) is 2.88. The van der Waals surface area contributed by atoms with Crippen molar-refractivity contribution in [2.75, 3.05) is 0 Å². The van der Waals surface area contributed by atoms with Crippen molar-refractivity contribution in [2.24, 2.45) is 12.8 Å². The van der Waals surface area contributed by atoms with Crippen LogP contribution in [-0.2, 0) is 7.05 Å². The lowest BCUT2D eigenvalue weighted by atomic mass is 10.3.